The van der Waals surface area contributed by atoms with Crippen LogP contribution >= 0.6 is 0 Å². The molecule has 0 saturated heterocycles. The number of carbonyl (C=O) groups excluding carboxylic acids is 1. The van der Waals surface area contributed by atoms with Crippen LogP contribution < -0.4 is 0 Å². The maximum Gasteiger partial charge on any atom is 0.338 e. The molecule has 0 heterocycles. The van der Waals surface area contributed by atoms with Gasteiger partial charge in [-0.1, -0.05) is 63.1 Å². The summed E-state index contributed by atoms with van der Waals surface area (Å²) in [5.41, 5.74) is 4.16. The molecule has 1 atom stereocenters. The lowest BCUT2D eigenvalue weighted by Gasteiger charge is -2.32. The molecule has 0 aromatic heterocycles. The largest absolute Gasteiger partial charge is 0.459 e. The van der Waals surface area contributed by atoms with E-state index in [-0.39, 0.29) is 24.1 Å². The standard InChI is InChI=1S/C26H34O4/c1-3-5-19-7-11-21(12-8-19)25(30-28)22-15-17-24(18-16-22)29-26(27)23-13-9-20(6-4-2)10-14-23/h7-14,22,24-25,28H,3-6,15-18H2,1-2H3. The molecule has 2 aromatic rings. The van der Waals surface area contributed by atoms with Crippen LogP contribution in [0.5, 0.6) is 0 Å². The zero-order valence-corrected chi connectivity index (χ0v) is 18.2. The molecular weight excluding hydrogens is 376 g/mol. The average molecular weight is 411 g/mol. The van der Waals surface area contributed by atoms with Crippen LogP contribution in [0.15, 0.2) is 48.5 Å². The fourth-order valence-corrected chi connectivity index (χ4v) is 4.41. The third-order valence-electron chi connectivity index (χ3n) is 6.11. The fraction of sp³-hybridized carbons (Fsp3) is 0.500. The Kier molecular flexibility index (Phi) is 8.47. The summed E-state index contributed by atoms with van der Waals surface area (Å²) in [7, 11) is 0. The van der Waals surface area contributed by atoms with Crippen LogP contribution in [0, 0.1) is 5.92 Å². The molecule has 0 amide bonds. The van der Waals surface area contributed by atoms with Gasteiger partial charge in [0.15, 0.2) is 0 Å². The van der Waals surface area contributed by atoms with Crippen molar-refractivity contribution >= 4 is 5.97 Å². The molecule has 2 aromatic carbocycles. The Morgan fingerprint density at radius 1 is 0.900 bits per heavy atom. The number of benzene rings is 2. The molecule has 1 saturated carbocycles. The summed E-state index contributed by atoms with van der Waals surface area (Å²) in [4.78, 5) is 17.4. The van der Waals surface area contributed by atoms with Gasteiger partial charge >= 0.3 is 5.97 Å². The molecule has 30 heavy (non-hydrogen) atoms. The van der Waals surface area contributed by atoms with Gasteiger partial charge in [0.1, 0.15) is 12.2 Å². The first-order chi connectivity index (χ1) is 14.6. The monoisotopic (exact) mass is 410 g/mol. The van der Waals surface area contributed by atoms with Crippen molar-refractivity contribution in [3.63, 3.8) is 0 Å². The van der Waals surface area contributed by atoms with Crippen LogP contribution in [0.2, 0.25) is 0 Å². The van der Waals surface area contributed by atoms with Crippen LogP contribution in [0.4, 0.5) is 0 Å². The molecule has 0 radical (unpaired) electrons. The molecule has 0 aliphatic heterocycles. The number of carbonyl (C=O) groups is 1. The van der Waals surface area contributed by atoms with E-state index in [2.05, 4.69) is 38.1 Å². The minimum Gasteiger partial charge on any atom is -0.459 e. The molecular formula is C26H34O4. The Hall–Kier alpha value is -2.17. The molecule has 3 rings (SSSR count). The van der Waals surface area contributed by atoms with Crippen LogP contribution in [-0.4, -0.2) is 17.3 Å². The van der Waals surface area contributed by atoms with E-state index < -0.39 is 0 Å². The van der Waals surface area contributed by atoms with Gasteiger partial charge in [0.25, 0.3) is 0 Å². The highest BCUT2D eigenvalue weighted by Crippen LogP contribution is 2.37. The smallest absolute Gasteiger partial charge is 0.338 e. The first-order valence-corrected chi connectivity index (χ1v) is 11.3. The highest BCUT2D eigenvalue weighted by atomic mass is 17.1. The van der Waals surface area contributed by atoms with Crippen LogP contribution in [0.25, 0.3) is 0 Å². The van der Waals surface area contributed by atoms with Crippen molar-refractivity contribution in [1.29, 1.82) is 0 Å². The molecule has 0 spiro atoms. The van der Waals surface area contributed by atoms with Crippen molar-refractivity contribution < 1.29 is 19.7 Å². The molecule has 1 unspecified atom stereocenters. The fourth-order valence-electron chi connectivity index (χ4n) is 4.41. The summed E-state index contributed by atoms with van der Waals surface area (Å²) in [6.45, 7) is 4.31. The Morgan fingerprint density at radius 2 is 1.43 bits per heavy atom. The SMILES string of the molecule is CCCc1ccc(C(=O)OC2CCC(C(OO)c3ccc(CCC)cc3)CC2)cc1. The Balaban J connectivity index is 1.52. The molecule has 162 valence electrons. The van der Waals surface area contributed by atoms with Crippen molar-refractivity contribution in [2.24, 2.45) is 5.92 Å². The first kappa shape index (κ1) is 22.5. The van der Waals surface area contributed by atoms with E-state index in [1.54, 1.807) is 0 Å². The summed E-state index contributed by atoms with van der Waals surface area (Å²) >= 11 is 0. The summed E-state index contributed by atoms with van der Waals surface area (Å²) in [6.07, 6.45) is 7.18. The minimum absolute atomic E-state index is 0.0738. The van der Waals surface area contributed by atoms with Gasteiger partial charge in [-0.05, 0) is 73.3 Å². The van der Waals surface area contributed by atoms with E-state index in [9.17, 15) is 10.1 Å². The molecule has 4 nitrogen and oxygen atoms in total. The molecule has 1 N–H and O–H groups in total. The normalized spacial score (nSPS) is 20.0. The van der Waals surface area contributed by atoms with Gasteiger partial charge in [0, 0.05) is 0 Å². The summed E-state index contributed by atoms with van der Waals surface area (Å²) < 4.78 is 5.75. The highest BCUT2D eigenvalue weighted by molar-refractivity contribution is 5.89. The van der Waals surface area contributed by atoms with Gasteiger partial charge < -0.3 is 4.74 Å². The predicted octanol–water partition coefficient (Wildman–Crippen LogP) is 6.54. The van der Waals surface area contributed by atoms with Gasteiger partial charge in [-0.2, -0.15) is 0 Å². The quantitative estimate of drug-likeness (QED) is 0.290. The molecule has 4 heteroatoms. The van der Waals surface area contributed by atoms with Gasteiger partial charge in [0.2, 0.25) is 0 Å². The van der Waals surface area contributed by atoms with Gasteiger partial charge in [-0.25, -0.2) is 9.68 Å². The Bertz CT molecular complexity index is 774. The minimum atomic E-state index is -0.330. The molecule has 1 aliphatic carbocycles. The van der Waals surface area contributed by atoms with E-state index in [0.717, 1.165) is 56.9 Å². The molecule has 0 bridgehead atoms. The van der Waals surface area contributed by atoms with Crippen LogP contribution in [0.3, 0.4) is 0 Å². The number of hydrogen-bond donors (Lipinski definition) is 1. The lowest BCUT2D eigenvalue weighted by molar-refractivity contribution is -0.296. The van der Waals surface area contributed by atoms with Gasteiger partial charge in [0.05, 0.1) is 5.56 Å². The Labute approximate surface area is 180 Å². The van der Waals surface area contributed by atoms with Crippen molar-refractivity contribution in [2.45, 2.75) is 77.4 Å². The lowest BCUT2D eigenvalue weighted by atomic mass is 9.81. The number of esters is 1. The second-order valence-electron chi connectivity index (χ2n) is 8.41. The molecule has 1 aliphatic rings. The number of rotatable bonds is 9. The second kappa shape index (κ2) is 11.3. The lowest BCUT2D eigenvalue weighted by Crippen LogP contribution is -2.28. The number of ether oxygens (including phenoxy) is 1. The first-order valence-electron chi connectivity index (χ1n) is 11.3. The average Bonchev–Trinajstić information content (AvgIpc) is 2.77. The van der Waals surface area contributed by atoms with Crippen molar-refractivity contribution in [2.75, 3.05) is 0 Å². The third kappa shape index (κ3) is 5.93. The van der Waals surface area contributed by atoms with Crippen molar-refractivity contribution in [1.82, 2.24) is 0 Å². The van der Waals surface area contributed by atoms with E-state index in [1.807, 2.05) is 24.3 Å². The maximum absolute atomic E-state index is 12.5. The zero-order chi connectivity index (χ0) is 21.3. The van der Waals surface area contributed by atoms with E-state index in [1.165, 1.54) is 11.1 Å². The van der Waals surface area contributed by atoms with Crippen molar-refractivity contribution in [3.05, 3.63) is 70.8 Å². The summed E-state index contributed by atoms with van der Waals surface area (Å²) in [5, 5.41) is 9.54. The van der Waals surface area contributed by atoms with Gasteiger partial charge in [-0.15, -0.1) is 0 Å². The Morgan fingerprint density at radius 3 is 1.93 bits per heavy atom. The number of hydrogen-bond acceptors (Lipinski definition) is 4. The molecule has 1 fully saturated rings. The predicted molar refractivity (Wildman–Crippen MR) is 118 cm³/mol. The number of aryl methyl sites for hydroxylation is 2. The summed E-state index contributed by atoms with van der Waals surface area (Å²) in [5.74, 6) is -0.0294. The maximum atomic E-state index is 12.5. The van der Waals surface area contributed by atoms with E-state index in [4.69, 9.17) is 9.62 Å². The van der Waals surface area contributed by atoms with Crippen LogP contribution in [0.1, 0.15) is 85.5 Å². The third-order valence-corrected chi connectivity index (χ3v) is 6.11. The summed E-state index contributed by atoms with van der Waals surface area (Å²) in [6, 6.07) is 16.1. The topological polar surface area (TPSA) is 55.8 Å². The van der Waals surface area contributed by atoms with Crippen LogP contribution in [-0.2, 0) is 22.5 Å². The van der Waals surface area contributed by atoms with E-state index in [0.29, 0.717) is 5.56 Å². The van der Waals surface area contributed by atoms with E-state index >= 15 is 0 Å². The van der Waals surface area contributed by atoms with Gasteiger partial charge in [-0.3, -0.25) is 5.26 Å². The van der Waals surface area contributed by atoms with Crippen molar-refractivity contribution in [3.8, 4) is 0 Å². The second-order valence-corrected chi connectivity index (χ2v) is 8.41. The zero-order valence-electron chi connectivity index (χ0n) is 18.2. The highest BCUT2D eigenvalue weighted by Gasteiger charge is 2.31.